The lowest BCUT2D eigenvalue weighted by Gasteiger charge is -2.19. The fourth-order valence-electron chi connectivity index (χ4n) is 1.53. The molecular weight excluding hydrogens is 127 g/mol. The number of rotatable bonds is 3. The molecule has 0 N–H and O–H groups in total. The van der Waals surface area contributed by atoms with Crippen LogP contribution < -0.4 is 0 Å². The van der Waals surface area contributed by atoms with Crippen molar-refractivity contribution in [3.05, 3.63) is 12.7 Å². The van der Waals surface area contributed by atoms with E-state index in [2.05, 4.69) is 6.58 Å². The number of halogens is 1. The molecule has 1 unspecified atom stereocenters. The lowest BCUT2D eigenvalue weighted by molar-refractivity contribution is 0.196. The van der Waals surface area contributed by atoms with E-state index in [0.717, 1.165) is 12.8 Å². The van der Waals surface area contributed by atoms with Crippen molar-refractivity contribution in [2.45, 2.75) is 32.4 Å². The molecule has 1 aliphatic carbocycles. The van der Waals surface area contributed by atoms with Gasteiger partial charge in [-0.3, -0.25) is 0 Å². The zero-order valence-corrected chi connectivity index (χ0v) is 6.73. The number of hydrogen-bond donors (Lipinski definition) is 0. The van der Waals surface area contributed by atoms with Crippen molar-refractivity contribution in [2.75, 3.05) is 0 Å². The van der Waals surface area contributed by atoms with Gasteiger partial charge in [0, 0.05) is 5.92 Å². The second-order valence-electron chi connectivity index (χ2n) is 3.54. The summed E-state index contributed by atoms with van der Waals surface area (Å²) in [6.45, 7) is 7.74. The third kappa shape index (κ3) is 1.23. The predicted molar refractivity (Wildman–Crippen MR) is 41.6 cm³/mol. The number of allylic oxidation sites excluding steroid dienone is 1. The van der Waals surface area contributed by atoms with Crippen LogP contribution in [0.2, 0.25) is 0 Å². The first-order valence-corrected chi connectivity index (χ1v) is 3.91. The van der Waals surface area contributed by atoms with Gasteiger partial charge in [-0.15, -0.1) is 6.58 Å². The Balaban J connectivity index is 2.56. The molecule has 10 heavy (non-hydrogen) atoms. The minimum absolute atomic E-state index is 0.0764. The lowest BCUT2D eigenvalue weighted by atomic mass is 9.90. The Kier molecular flexibility index (Phi) is 1.84. The van der Waals surface area contributed by atoms with Gasteiger partial charge in [0.05, 0.1) is 0 Å². The topological polar surface area (TPSA) is 0 Å². The Bertz CT molecular complexity index is 134. The molecule has 0 aromatic carbocycles. The average Bonchev–Trinajstić information content (AvgIpc) is 2.49. The van der Waals surface area contributed by atoms with Crippen LogP contribution in [0.5, 0.6) is 0 Å². The smallest absolute Gasteiger partial charge is 0.117 e. The Morgan fingerprint density at radius 2 is 2.00 bits per heavy atom. The number of alkyl halides is 1. The van der Waals surface area contributed by atoms with Gasteiger partial charge in [-0.05, 0) is 18.8 Å². The molecule has 0 nitrogen and oxygen atoms in total. The summed E-state index contributed by atoms with van der Waals surface area (Å²) < 4.78 is 13.3. The molecular formula is C9H15F. The maximum Gasteiger partial charge on any atom is 0.117 e. The predicted octanol–water partition coefficient (Wildman–Crippen LogP) is 2.95. The van der Waals surface area contributed by atoms with E-state index < -0.39 is 5.67 Å². The molecule has 0 spiro atoms. The van der Waals surface area contributed by atoms with Crippen LogP contribution in [-0.4, -0.2) is 5.67 Å². The van der Waals surface area contributed by atoms with E-state index in [1.807, 2.05) is 13.8 Å². The molecule has 1 fully saturated rings. The van der Waals surface area contributed by atoms with E-state index in [0.29, 0.717) is 5.92 Å². The van der Waals surface area contributed by atoms with Crippen molar-refractivity contribution in [3.8, 4) is 0 Å². The van der Waals surface area contributed by atoms with E-state index in [4.69, 9.17) is 0 Å². The molecule has 0 aliphatic heterocycles. The molecule has 0 aromatic heterocycles. The second kappa shape index (κ2) is 2.37. The first-order valence-electron chi connectivity index (χ1n) is 3.91. The number of hydrogen-bond acceptors (Lipinski definition) is 0. The molecule has 1 saturated carbocycles. The minimum atomic E-state index is -0.879. The van der Waals surface area contributed by atoms with Crippen LogP contribution >= 0.6 is 0 Å². The maximum atomic E-state index is 13.3. The molecule has 1 atom stereocenters. The van der Waals surface area contributed by atoms with Crippen LogP contribution in [0.15, 0.2) is 12.7 Å². The second-order valence-corrected chi connectivity index (χ2v) is 3.54. The molecule has 0 heterocycles. The molecule has 0 saturated heterocycles. The quantitative estimate of drug-likeness (QED) is 0.531. The molecule has 0 bridgehead atoms. The Hall–Kier alpha value is -0.330. The highest BCUT2D eigenvalue weighted by Crippen LogP contribution is 2.49. The van der Waals surface area contributed by atoms with E-state index in [9.17, 15) is 4.39 Å². The largest absolute Gasteiger partial charge is 0.243 e. The summed E-state index contributed by atoms with van der Waals surface area (Å²) in [4.78, 5) is 0. The Morgan fingerprint density at radius 3 is 2.10 bits per heavy atom. The summed E-state index contributed by atoms with van der Waals surface area (Å²) in [5.41, 5.74) is -0.879. The van der Waals surface area contributed by atoms with E-state index >= 15 is 0 Å². The van der Waals surface area contributed by atoms with Gasteiger partial charge in [-0.25, -0.2) is 4.39 Å². The van der Waals surface area contributed by atoms with Gasteiger partial charge in [0.2, 0.25) is 0 Å². The van der Waals surface area contributed by atoms with Crippen LogP contribution in [0.4, 0.5) is 4.39 Å². The zero-order valence-electron chi connectivity index (χ0n) is 6.73. The third-order valence-corrected chi connectivity index (χ3v) is 2.30. The standard InChI is InChI=1S/C9H15F/c1-4-8(7(2)3)9(10)5-6-9/h4,7-8H,1,5-6H2,2-3H3. The normalized spacial score (nSPS) is 24.4. The SMILES string of the molecule is C=CC(C(C)C)C1(F)CC1. The summed E-state index contributed by atoms with van der Waals surface area (Å²) in [6, 6.07) is 0. The van der Waals surface area contributed by atoms with Crippen molar-refractivity contribution >= 4 is 0 Å². The van der Waals surface area contributed by atoms with Crippen LogP contribution in [-0.2, 0) is 0 Å². The first kappa shape index (κ1) is 7.77. The van der Waals surface area contributed by atoms with Gasteiger partial charge in [0.15, 0.2) is 0 Å². The van der Waals surface area contributed by atoms with E-state index in [1.54, 1.807) is 6.08 Å². The average molecular weight is 142 g/mol. The monoisotopic (exact) mass is 142 g/mol. The van der Waals surface area contributed by atoms with Gasteiger partial charge in [-0.1, -0.05) is 19.9 Å². The van der Waals surface area contributed by atoms with Gasteiger partial charge in [0.25, 0.3) is 0 Å². The summed E-state index contributed by atoms with van der Waals surface area (Å²) in [5.74, 6) is 0.470. The zero-order chi connectivity index (χ0) is 7.78. The molecule has 58 valence electrons. The van der Waals surface area contributed by atoms with E-state index in [1.165, 1.54) is 0 Å². The first-order chi connectivity index (χ1) is 4.60. The van der Waals surface area contributed by atoms with Crippen LogP contribution in [0.3, 0.4) is 0 Å². The summed E-state index contributed by atoms with van der Waals surface area (Å²) in [7, 11) is 0. The van der Waals surface area contributed by atoms with Crippen molar-refractivity contribution in [2.24, 2.45) is 11.8 Å². The molecule has 1 rings (SSSR count). The van der Waals surface area contributed by atoms with Crippen LogP contribution in [0, 0.1) is 11.8 Å². The van der Waals surface area contributed by atoms with E-state index in [-0.39, 0.29) is 5.92 Å². The van der Waals surface area contributed by atoms with Crippen molar-refractivity contribution < 1.29 is 4.39 Å². The minimum Gasteiger partial charge on any atom is -0.243 e. The molecule has 1 aliphatic rings. The van der Waals surface area contributed by atoms with Crippen LogP contribution in [0.1, 0.15) is 26.7 Å². The highest BCUT2D eigenvalue weighted by atomic mass is 19.1. The van der Waals surface area contributed by atoms with Crippen molar-refractivity contribution in [1.29, 1.82) is 0 Å². The maximum absolute atomic E-state index is 13.3. The summed E-state index contributed by atoms with van der Waals surface area (Å²) in [6.07, 6.45) is 3.24. The fourth-order valence-corrected chi connectivity index (χ4v) is 1.53. The molecule has 0 aromatic rings. The lowest BCUT2D eigenvalue weighted by Crippen LogP contribution is -2.20. The van der Waals surface area contributed by atoms with Crippen molar-refractivity contribution in [1.82, 2.24) is 0 Å². The molecule has 1 heteroatoms. The fraction of sp³-hybridized carbons (Fsp3) is 0.778. The summed E-state index contributed by atoms with van der Waals surface area (Å²) >= 11 is 0. The van der Waals surface area contributed by atoms with Crippen LogP contribution in [0.25, 0.3) is 0 Å². The molecule has 0 amide bonds. The molecule has 0 radical (unpaired) electrons. The third-order valence-electron chi connectivity index (χ3n) is 2.30. The Labute approximate surface area is 62.1 Å². The van der Waals surface area contributed by atoms with Gasteiger partial charge < -0.3 is 0 Å². The van der Waals surface area contributed by atoms with Crippen molar-refractivity contribution in [3.63, 3.8) is 0 Å². The van der Waals surface area contributed by atoms with Gasteiger partial charge >= 0.3 is 0 Å². The summed E-state index contributed by atoms with van der Waals surface area (Å²) in [5, 5.41) is 0. The Morgan fingerprint density at radius 1 is 1.50 bits per heavy atom. The highest BCUT2D eigenvalue weighted by Gasteiger charge is 2.49. The highest BCUT2D eigenvalue weighted by molar-refractivity contribution is 5.06. The van der Waals surface area contributed by atoms with Gasteiger partial charge in [-0.2, -0.15) is 0 Å². The van der Waals surface area contributed by atoms with Gasteiger partial charge in [0.1, 0.15) is 5.67 Å².